The van der Waals surface area contributed by atoms with Gasteiger partial charge in [-0.2, -0.15) is 0 Å². The predicted octanol–water partition coefficient (Wildman–Crippen LogP) is 1.01. The number of nitrogens with one attached hydrogen (secondary N) is 1. The van der Waals surface area contributed by atoms with Crippen molar-refractivity contribution in [1.82, 2.24) is 15.5 Å². The molecule has 2 N–H and O–H groups in total. The van der Waals surface area contributed by atoms with Crippen molar-refractivity contribution in [2.24, 2.45) is 0 Å². The van der Waals surface area contributed by atoms with Crippen molar-refractivity contribution >= 4 is 11.9 Å². The van der Waals surface area contributed by atoms with Crippen molar-refractivity contribution in [2.45, 2.75) is 13.5 Å². The fourth-order valence-corrected chi connectivity index (χ4v) is 1.44. The Hall–Kier alpha value is -2.70. The summed E-state index contributed by atoms with van der Waals surface area (Å²) >= 11 is 0. The average molecular weight is 261 g/mol. The minimum Gasteiger partial charge on any atom is -0.475 e. The number of nitrogens with zero attached hydrogens (tertiary/aromatic N) is 2. The van der Waals surface area contributed by atoms with Gasteiger partial charge in [-0.25, -0.2) is 4.79 Å². The standard InChI is InChI=1S/C12H11N3O4/c1-7-3-2-4-8(14-7)6-13-11(16)9-5-10(12(17)18)19-15-9/h2-5H,6H2,1H3,(H,13,16)(H,17,18). The molecule has 2 rings (SSSR count). The lowest BCUT2D eigenvalue weighted by Crippen LogP contribution is -2.23. The summed E-state index contributed by atoms with van der Waals surface area (Å²) in [4.78, 5) is 26.5. The van der Waals surface area contributed by atoms with Crippen LogP contribution in [0.15, 0.2) is 28.8 Å². The van der Waals surface area contributed by atoms with Crippen molar-refractivity contribution in [3.8, 4) is 0 Å². The number of rotatable bonds is 4. The number of pyridine rings is 1. The third kappa shape index (κ3) is 3.15. The molecule has 0 atom stereocenters. The summed E-state index contributed by atoms with van der Waals surface area (Å²) in [6, 6.07) is 6.53. The van der Waals surface area contributed by atoms with Crippen LogP contribution >= 0.6 is 0 Å². The Morgan fingerprint density at radius 1 is 1.42 bits per heavy atom. The minimum atomic E-state index is -1.27. The van der Waals surface area contributed by atoms with Gasteiger partial charge in [0.2, 0.25) is 5.76 Å². The molecule has 0 fully saturated rings. The van der Waals surface area contributed by atoms with Gasteiger partial charge in [0.05, 0.1) is 12.2 Å². The van der Waals surface area contributed by atoms with Gasteiger partial charge in [0.25, 0.3) is 5.91 Å². The molecule has 2 heterocycles. The van der Waals surface area contributed by atoms with Crippen LogP contribution in [0.5, 0.6) is 0 Å². The summed E-state index contributed by atoms with van der Waals surface area (Å²) in [7, 11) is 0. The molecule has 2 aromatic heterocycles. The number of carboxylic acids is 1. The summed E-state index contributed by atoms with van der Waals surface area (Å²) < 4.78 is 4.49. The molecule has 19 heavy (non-hydrogen) atoms. The number of hydrogen-bond acceptors (Lipinski definition) is 5. The molecule has 2 aromatic rings. The quantitative estimate of drug-likeness (QED) is 0.850. The van der Waals surface area contributed by atoms with E-state index in [-0.39, 0.29) is 18.0 Å². The van der Waals surface area contributed by atoms with E-state index in [0.717, 1.165) is 11.8 Å². The molecule has 7 heteroatoms. The monoisotopic (exact) mass is 261 g/mol. The summed E-state index contributed by atoms with van der Waals surface area (Å²) in [5.41, 5.74) is 1.47. The highest BCUT2D eigenvalue weighted by atomic mass is 16.5. The predicted molar refractivity (Wildman–Crippen MR) is 63.6 cm³/mol. The first-order valence-electron chi connectivity index (χ1n) is 5.47. The van der Waals surface area contributed by atoms with Crippen molar-refractivity contribution in [3.05, 3.63) is 47.1 Å². The first kappa shape index (κ1) is 12.7. The van der Waals surface area contributed by atoms with E-state index in [1.165, 1.54) is 0 Å². The Morgan fingerprint density at radius 2 is 2.21 bits per heavy atom. The number of amides is 1. The first-order valence-corrected chi connectivity index (χ1v) is 5.47. The lowest BCUT2D eigenvalue weighted by molar-refractivity contribution is 0.0651. The number of aromatic nitrogens is 2. The molecule has 0 radical (unpaired) electrons. The maximum atomic E-state index is 11.7. The van der Waals surface area contributed by atoms with E-state index in [1.54, 1.807) is 6.07 Å². The van der Waals surface area contributed by atoms with Gasteiger partial charge in [0.1, 0.15) is 0 Å². The van der Waals surface area contributed by atoms with Gasteiger partial charge in [-0.3, -0.25) is 9.78 Å². The fourth-order valence-electron chi connectivity index (χ4n) is 1.44. The Labute approximate surface area is 108 Å². The highest BCUT2D eigenvalue weighted by molar-refractivity contribution is 5.94. The zero-order valence-electron chi connectivity index (χ0n) is 10.1. The molecule has 7 nitrogen and oxygen atoms in total. The molecule has 0 saturated heterocycles. The molecule has 98 valence electrons. The Balaban J connectivity index is 1.99. The second-order valence-electron chi connectivity index (χ2n) is 3.83. The van der Waals surface area contributed by atoms with E-state index in [4.69, 9.17) is 5.11 Å². The molecule has 0 saturated carbocycles. The lowest BCUT2D eigenvalue weighted by atomic mass is 10.3. The average Bonchev–Trinajstić information content (AvgIpc) is 2.86. The fraction of sp³-hybridized carbons (Fsp3) is 0.167. The van der Waals surface area contributed by atoms with Crippen molar-refractivity contribution in [2.75, 3.05) is 0 Å². The van der Waals surface area contributed by atoms with Crippen LogP contribution < -0.4 is 5.32 Å². The van der Waals surface area contributed by atoms with Crippen molar-refractivity contribution < 1.29 is 19.2 Å². The van der Waals surface area contributed by atoms with Crippen molar-refractivity contribution in [1.29, 1.82) is 0 Å². The SMILES string of the molecule is Cc1cccc(CNC(=O)c2cc(C(=O)O)on2)n1. The summed E-state index contributed by atoms with van der Waals surface area (Å²) in [6.07, 6.45) is 0. The van der Waals surface area contributed by atoms with Gasteiger partial charge < -0.3 is 14.9 Å². The van der Waals surface area contributed by atoms with E-state index in [2.05, 4.69) is 20.0 Å². The molecule has 0 aromatic carbocycles. The normalized spacial score (nSPS) is 10.2. The highest BCUT2D eigenvalue weighted by Crippen LogP contribution is 2.04. The molecule has 1 amide bonds. The van der Waals surface area contributed by atoms with Gasteiger partial charge in [-0.15, -0.1) is 0 Å². The molecular formula is C12H11N3O4. The maximum Gasteiger partial charge on any atom is 0.374 e. The second kappa shape index (κ2) is 5.30. The Morgan fingerprint density at radius 3 is 2.84 bits per heavy atom. The van der Waals surface area contributed by atoms with E-state index in [9.17, 15) is 9.59 Å². The number of aryl methyl sites for hydroxylation is 1. The van der Waals surface area contributed by atoms with Crippen LogP contribution in [0.4, 0.5) is 0 Å². The van der Waals surface area contributed by atoms with Crippen LogP contribution in [-0.4, -0.2) is 27.1 Å². The summed E-state index contributed by atoms with van der Waals surface area (Å²) in [5, 5.41) is 14.6. The van der Waals surface area contributed by atoms with Gasteiger partial charge in [0, 0.05) is 11.8 Å². The smallest absolute Gasteiger partial charge is 0.374 e. The number of aromatic carboxylic acids is 1. The van der Waals surface area contributed by atoms with Crippen LogP contribution in [0.1, 0.15) is 32.4 Å². The second-order valence-corrected chi connectivity index (χ2v) is 3.83. The van der Waals surface area contributed by atoms with Crippen LogP contribution in [-0.2, 0) is 6.54 Å². The lowest BCUT2D eigenvalue weighted by Gasteiger charge is -2.02. The molecule has 0 aliphatic rings. The molecular weight excluding hydrogens is 250 g/mol. The van der Waals surface area contributed by atoms with Crippen LogP contribution in [0, 0.1) is 6.92 Å². The zero-order chi connectivity index (χ0) is 13.8. The van der Waals surface area contributed by atoms with Gasteiger partial charge in [-0.1, -0.05) is 11.2 Å². The van der Waals surface area contributed by atoms with E-state index in [0.29, 0.717) is 5.69 Å². The largest absolute Gasteiger partial charge is 0.475 e. The third-order valence-electron chi connectivity index (χ3n) is 2.33. The topological polar surface area (TPSA) is 105 Å². The van der Waals surface area contributed by atoms with Crippen LogP contribution in [0.25, 0.3) is 0 Å². The Bertz CT molecular complexity index is 621. The van der Waals surface area contributed by atoms with Gasteiger partial charge >= 0.3 is 5.97 Å². The van der Waals surface area contributed by atoms with Gasteiger partial charge in [0.15, 0.2) is 5.69 Å². The summed E-state index contributed by atoms with van der Waals surface area (Å²) in [6.45, 7) is 2.08. The molecule has 0 aliphatic carbocycles. The molecule has 0 bridgehead atoms. The molecule has 0 spiro atoms. The van der Waals surface area contributed by atoms with Crippen molar-refractivity contribution in [3.63, 3.8) is 0 Å². The Kier molecular flexibility index (Phi) is 3.56. The number of hydrogen-bond donors (Lipinski definition) is 2. The van der Waals surface area contributed by atoms with E-state index in [1.807, 2.05) is 19.1 Å². The highest BCUT2D eigenvalue weighted by Gasteiger charge is 2.16. The van der Waals surface area contributed by atoms with E-state index >= 15 is 0 Å². The molecule has 0 aliphatic heterocycles. The summed E-state index contributed by atoms with van der Waals surface area (Å²) in [5.74, 6) is -2.16. The third-order valence-corrected chi connectivity index (χ3v) is 2.33. The van der Waals surface area contributed by atoms with Crippen LogP contribution in [0.3, 0.4) is 0 Å². The number of carbonyl (C=O) groups excluding carboxylic acids is 1. The maximum absolute atomic E-state index is 11.7. The molecule has 0 unspecified atom stereocenters. The zero-order valence-corrected chi connectivity index (χ0v) is 10.1. The van der Waals surface area contributed by atoms with E-state index < -0.39 is 11.9 Å². The first-order chi connectivity index (χ1) is 9.06. The number of carboxylic acid groups (broad SMARTS) is 1. The number of carbonyl (C=O) groups is 2. The van der Waals surface area contributed by atoms with Gasteiger partial charge in [-0.05, 0) is 19.1 Å². The minimum absolute atomic E-state index is 0.0787. The van der Waals surface area contributed by atoms with Crippen LogP contribution in [0.2, 0.25) is 0 Å².